The lowest BCUT2D eigenvalue weighted by molar-refractivity contribution is -0.137. The number of H-pyrrole nitrogens is 1. The molecule has 1 aromatic heterocycles. The van der Waals surface area contributed by atoms with E-state index < -0.39 is 11.7 Å². The van der Waals surface area contributed by atoms with Gasteiger partial charge in [0.25, 0.3) is 0 Å². The van der Waals surface area contributed by atoms with Crippen molar-refractivity contribution < 1.29 is 13.2 Å². The van der Waals surface area contributed by atoms with Gasteiger partial charge in [0.1, 0.15) is 0 Å². The van der Waals surface area contributed by atoms with Crippen LogP contribution < -0.4 is 10.6 Å². The topological polar surface area (TPSA) is 65.1 Å². The van der Waals surface area contributed by atoms with Gasteiger partial charge in [-0.25, -0.2) is 4.99 Å². The van der Waals surface area contributed by atoms with Crippen molar-refractivity contribution in [3.05, 3.63) is 53.3 Å². The first kappa shape index (κ1) is 16.9. The van der Waals surface area contributed by atoms with E-state index >= 15 is 0 Å². The summed E-state index contributed by atoms with van der Waals surface area (Å²) in [5.41, 5.74) is 0.955. The molecule has 0 aliphatic rings. The standard InChI is InChI=1S/C15H18F3N5/c1-2-19-14(21-10-13-7-8-22-23-13)20-9-11-3-5-12(6-4-11)15(16,17)18/h3-8H,2,9-10H2,1H3,(H,22,23)(H2,19,20,21). The fourth-order valence-corrected chi connectivity index (χ4v) is 1.87. The highest BCUT2D eigenvalue weighted by molar-refractivity contribution is 5.79. The van der Waals surface area contributed by atoms with E-state index in [0.717, 1.165) is 17.8 Å². The third-order valence-corrected chi connectivity index (χ3v) is 3.05. The van der Waals surface area contributed by atoms with Crippen molar-refractivity contribution in [1.29, 1.82) is 0 Å². The summed E-state index contributed by atoms with van der Waals surface area (Å²) in [6.07, 6.45) is -2.66. The minimum Gasteiger partial charge on any atom is -0.357 e. The summed E-state index contributed by atoms with van der Waals surface area (Å²) >= 11 is 0. The number of aliphatic imine (C=N–C) groups is 1. The SMILES string of the molecule is CCNC(=NCc1ccc(C(F)(F)F)cc1)NCc1ccn[nH]1. The fraction of sp³-hybridized carbons (Fsp3) is 0.333. The number of hydrogen-bond acceptors (Lipinski definition) is 2. The summed E-state index contributed by atoms with van der Waals surface area (Å²) in [6.45, 7) is 3.43. The second kappa shape index (κ2) is 7.66. The molecule has 0 saturated heterocycles. The number of halogens is 3. The molecular formula is C15H18F3N5. The number of guanidine groups is 1. The van der Waals surface area contributed by atoms with Crippen molar-refractivity contribution in [2.24, 2.45) is 4.99 Å². The number of nitrogens with zero attached hydrogens (tertiary/aromatic N) is 2. The van der Waals surface area contributed by atoms with E-state index in [-0.39, 0.29) is 6.54 Å². The highest BCUT2D eigenvalue weighted by atomic mass is 19.4. The van der Waals surface area contributed by atoms with Crippen molar-refractivity contribution in [3.8, 4) is 0 Å². The second-order valence-electron chi connectivity index (χ2n) is 4.83. The Hall–Kier alpha value is -2.51. The van der Waals surface area contributed by atoms with Gasteiger partial charge >= 0.3 is 6.18 Å². The Labute approximate surface area is 132 Å². The smallest absolute Gasteiger partial charge is 0.357 e. The van der Waals surface area contributed by atoms with Crippen LogP contribution in [0, 0.1) is 0 Å². The first-order valence-electron chi connectivity index (χ1n) is 7.15. The lowest BCUT2D eigenvalue weighted by atomic mass is 10.1. The number of rotatable bonds is 5. The number of hydrogen-bond donors (Lipinski definition) is 3. The molecule has 5 nitrogen and oxygen atoms in total. The molecule has 1 heterocycles. The highest BCUT2D eigenvalue weighted by Crippen LogP contribution is 2.29. The molecule has 0 saturated carbocycles. The molecule has 0 aliphatic carbocycles. The Bertz CT molecular complexity index is 618. The summed E-state index contributed by atoms with van der Waals surface area (Å²) in [5.74, 6) is 0.585. The number of nitrogens with one attached hydrogen (secondary N) is 3. The molecule has 0 atom stereocenters. The van der Waals surface area contributed by atoms with Gasteiger partial charge in [-0.05, 0) is 30.7 Å². The minimum absolute atomic E-state index is 0.288. The van der Waals surface area contributed by atoms with Gasteiger partial charge in [0, 0.05) is 12.7 Å². The Balaban J connectivity index is 1.96. The normalized spacial score (nSPS) is 12.3. The Morgan fingerprint density at radius 2 is 1.91 bits per heavy atom. The maximum Gasteiger partial charge on any atom is 0.416 e. The maximum absolute atomic E-state index is 12.5. The van der Waals surface area contributed by atoms with Crippen LogP contribution in [0.5, 0.6) is 0 Å². The van der Waals surface area contributed by atoms with Crippen LogP contribution in [0.25, 0.3) is 0 Å². The quantitative estimate of drug-likeness (QED) is 0.585. The molecule has 0 aliphatic heterocycles. The maximum atomic E-state index is 12.5. The van der Waals surface area contributed by atoms with Gasteiger partial charge in [-0.2, -0.15) is 18.3 Å². The molecule has 8 heteroatoms. The Kier molecular flexibility index (Phi) is 5.61. The largest absolute Gasteiger partial charge is 0.416 e. The van der Waals surface area contributed by atoms with Crippen molar-refractivity contribution in [2.45, 2.75) is 26.2 Å². The average molecular weight is 325 g/mol. The highest BCUT2D eigenvalue weighted by Gasteiger charge is 2.29. The van der Waals surface area contributed by atoms with E-state index in [9.17, 15) is 13.2 Å². The molecule has 0 radical (unpaired) electrons. The van der Waals surface area contributed by atoms with E-state index in [1.807, 2.05) is 13.0 Å². The van der Waals surface area contributed by atoms with Gasteiger partial charge in [-0.15, -0.1) is 0 Å². The van der Waals surface area contributed by atoms with Gasteiger partial charge in [-0.3, -0.25) is 5.10 Å². The minimum atomic E-state index is -4.32. The van der Waals surface area contributed by atoms with Gasteiger partial charge < -0.3 is 10.6 Å². The number of alkyl halides is 3. The molecule has 3 N–H and O–H groups in total. The molecule has 0 bridgehead atoms. The molecule has 23 heavy (non-hydrogen) atoms. The van der Waals surface area contributed by atoms with Gasteiger partial charge in [0.2, 0.25) is 0 Å². The first-order valence-corrected chi connectivity index (χ1v) is 7.15. The van der Waals surface area contributed by atoms with Crippen molar-refractivity contribution in [1.82, 2.24) is 20.8 Å². The number of aromatic nitrogens is 2. The molecule has 0 unspecified atom stereocenters. The van der Waals surface area contributed by atoms with Crippen LogP contribution in [-0.2, 0) is 19.3 Å². The summed E-state index contributed by atoms with van der Waals surface area (Å²) in [4.78, 5) is 4.35. The van der Waals surface area contributed by atoms with Crippen LogP contribution >= 0.6 is 0 Å². The predicted octanol–water partition coefficient (Wildman–Crippen LogP) is 2.68. The molecule has 1 aromatic carbocycles. The summed E-state index contributed by atoms with van der Waals surface area (Å²) in [5, 5.41) is 12.9. The molecule has 0 fully saturated rings. The van der Waals surface area contributed by atoms with Gasteiger partial charge in [0.05, 0.1) is 24.3 Å². The van der Waals surface area contributed by atoms with Crippen LogP contribution in [0.2, 0.25) is 0 Å². The first-order chi connectivity index (χ1) is 11.0. The van der Waals surface area contributed by atoms with Gasteiger partial charge in [0.15, 0.2) is 5.96 Å². The zero-order valence-corrected chi connectivity index (χ0v) is 12.6. The molecule has 2 aromatic rings. The van der Waals surface area contributed by atoms with E-state index in [0.29, 0.717) is 24.6 Å². The predicted molar refractivity (Wildman–Crippen MR) is 81.7 cm³/mol. The zero-order chi connectivity index (χ0) is 16.7. The lowest BCUT2D eigenvalue weighted by Gasteiger charge is -2.11. The Morgan fingerprint density at radius 3 is 2.48 bits per heavy atom. The third kappa shape index (κ3) is 5.32. The number of aromatic amines is 1. The second-order valence-corrected chi connectivity index (χ2v) is 4.83. The van der Waals surface area contributed by atoms with Crippen LogP contribution in [0.15, 0.2) is 41.5 Å². The van der Waals surface area contributed by atoms with E-state index in [2.05, 4.69) is 25.8 Å². The molecule has 2 rings (SSSR count). The van der Waals surface area contributed by atoms with Crippen LogP contribution in [-0.4, -0.2) is 22.7 Å². The fourth-order valence-electron chi connectivity index (χ4n) is 1.87. The van der Waals surface area contributed by atoms with E-state index in [4.69, 9.17) is 0 Å². The van der Waals surface area contributed by atoms with Crippen LogP contribution in [0.3, 0.4) is 0 Å². The van der Waals surface area contributed by atoms with Crippen molar-refractivity contribution in [2.75, 3.05) is 6.54 Å². The molecule has 0 amide bonds. The van der Waals surface area contributed by atoms with E-state index in [1.54, 1.807) is 6.20 Å². The summed E-state index contributed by atoms with van der Waals surface area (Å²) in [6, 6.07) is 6.84. The molecule has 124 valence electrons. The third-order valence-electron chi connectivity index (χ3n) is 3.05. The Morgan fingerprint density at radius 1 is 1.17 bits per heavy atom. The summed E-state index contributed by atoms with van der Waals surface area (Å²) in [7, 11) is 0. The lowest BCUT2D eigenvalue weighted by Crippen LogP contribution is -2.36. The number of benzene rings is 1. The van der Waals surface area contributed by atoms with Crippen LogP contribution in [0.1, 0.15) is 23.7 Å². The van der Waals surface area contributed by atoms with Gasteiger partial charge in [-0.1, -0.05) is 12.1 Å². The van der Waals surface area contributed by atoms with Crippen LogP contribution in [0.4, 0.5) is 13.2 Å². The molecule has 0 spiro atoms. The summed E-state index contributed by atoms with van der Waals surface area (Å²) < 4.78 is 37.5. The monoisotopic (exact) mass is 325 g/mol. The van der Waals surface area contributed by atoms with Crippen molar-refractivity contribution in [3.63, 3.8) is 0 Å². The average Bonchev–Trinajstić information content (AvgIpc) is 3.03. The van der Waals surface area contributed by atoms with E-state index in [1.165, 1.54) is 12.1 Å². The zero-order valence-electron chi connectivity index (χ0n) is 12.6. The molecular weight excluding hydrogens is 307 g/mol. The van der Waals surface area contributed by atoms with Crippen molar-refractivity contribution >= 4 is 5.96 Å².